The maximum absolute atomic E-state index is 12.3. The summed E-state index contributed by atoms with van der Waals surface area (Å²) in [5.74, 6) is -1.21. The number of aromatic carboxylic acids is 1. The molecule has 1 aliphatic rings. The number of carbonyl (C=O) groups is 2. The van der Waals surface area contributed by atoms with Crippen molar-refractivity contribution in [2.24, 2.45) is 0 Å². The zero-order chi connectivity index (χ0) is 20.4. The van der Waals surface area contributed by atoms with E-state index in [0.717, 1.165) is 22.3 Å². The molecule has 3 aromatic rings. The van der Waals surface area contributed by atoms with Gasteiger partial charge in [0, 0.05) is 11.6 Å². The number of aliphatic hydroxyl groups is 1. The van der Waals surface area contributed by atoms with Gasteiger partial charge in [0.25, 0.3) is 0 Å². The van der Waals surface area contributed by atoms with Crippen LogP contribution in [0.1, 0.15) is 33.0 Å². The molecule has 6 nitrogen and oxygen atoms in total. The maximum atomic E-state index is 12.3. The topological polar surface area (TPSA) is 95.9 Å². The summed E-state index contributed by atoms with van der Waals surface area (Å²) < 4.78 is 5.46. The third-order valence-electron chi connectivity index (χ3n) is 5.01. The average molecular weight is 389 g/mol. The number of carbonyl (C=O) groups excluding carboxylic acids is 1. The van der Waals surface area contributed by atoms with Gasteiger partial charge in [0.15, 0.2) is 0 Å². The summed E-state index contributed by atoms with van der Waals surface area (Å²) in [4.78, 5) is 23.5. The van der Waals surface area contributed by atoms with Gasteiger partial charge in [-0.1, -0.05) is 48.5 Å². The fourth-order valence-corrected chi connectivity index (χ4v) is 3.73. The molecule has 0 spiro atoms. The van der Waals surface area contributed by atoms with Gasteiger partial charge in [0.05, 0.1) is 12.2 Å². The lowest BCUT2D eigenvalue weighted by Crippen LogP contribution is -2.18. The summed E-state index contributed by atoms with van der Waals surface area (Å²) >= 11 is 0. The number of carboxylic acids is 1. The molecule has 0 heterocycles. The molecule has 29 heavy (non-hydrogen) atoms. The Balaban J connectivity index is 1.50. The molecule has 1 aliphatic carbocycles. The van der Waals surface area contributed by atoms with Crippen molar-refractivity contribution < 1.29 is 24.5 Å². The zero-order valence-electron chi connectivity index (χ0n) is 15.5. The highest BCUT2D eigenvalue weighted by atomic mass is 16.5. The van der Waals surface area contributed by atoms with E-state index in [1.807, 2.05) is 36.4 Å². The second-order valence-corrected chi connectivity index (χ2v) is 6.83. The molecule has 0 atom stereocenters. The molecule has 3 N–H and O–H groups in total. The number of benzene rings is 3. The number of hydrogen-bond donors (Lipinski definition) is 3. The van der Waals surface area contributed by atoms with Crippen LogP contribution in [0.4, 0.5) is 10.5 Å². The Hall–Kier alpha value is -3.64. The van der Waals surface area contributed by atoms with E-state index in [0.29, 0.717) is 5.56 Å². The number of ether oxygens (including phenoxy) is 1. The van der Waals surface area contributed by atoms with Crippen molar-refractivity contribution in [3.63, 3.8) is 0 Å². The van der Waals surface area contributed by atoms with Gasteiger partial charge < -0.3 is 14.9 Å². The van der Waals surface area contributed by atoms with Crippen molar-refractivity contribution in [2.45, 2.75) is 12.5 Å². The van der Waals surface area contributed by atoms with Crippen molar-refractivity contribution >= 4 is 17.7 Å². The number of rotatable bonds is 5. The summed E-state index contributed by atoms with van der Waals surface area (Å²) in [5, 5.41) is 21.0. The van der Waals surface area contributed by atoms with Crippen LogP contribution in [-0.4, -0.2) is 28.9 Å². The van der Waals surface area contributed by atoms with Gasteiger partial charge in [-0.15, -0.1) is 0 Å². The van der Waals surface area contributed by atoms with Gasteiger partial charge in [0.1, 0.15) is 6.61 Å². The Morgan fingerprint density at radius 1 is 0.931 bits per heavy atom. The molecule has 0 aromatic heterocycles. The van der Waals surface area contributed by atoms with Crippen LogP contribution in [-0.2, 0) is 11.3 Å². The van der Waals surface area contributed by atoms with E-state index in [1.54, 1.807) is 0 Å². The Kier molecular flexibility index (Phi) is 5.01. The van der Waals surface area contributed by atoms with Crippen molar-refractivity contribution in [3.8, 4) is 11.1 Å². The molecule has 0 saturated heterocycles. The fourth-order valence-electron chi connectivity index (χ4n) is 3.73. The van der Waals surface area contributed by atoms with E-state index in [-0.39, 0.29) is 30.4 Å². The van der Waals surface area contributed by atoms with Gasteiger partial charge >= 0.3 is 12.1 Å². The van der Waals surface area contributed by atoms with Crippen LogP contribution in [0, 0.1) is 0 Å². The number of fused-ring (bicyclic) bond motifs is 3. The van der Waals surface area contributed by atoms with Crippen LogP contribution in [0.2, 0.25) is 0 Å². The first kappa shape index (κ1) is 18.7. The highest BCUT2D eigenvalue weighted by Gasteiger charge is 2.29. The third kappa shape index (κ3) is 3.70. The summed E-state index contributed by atoms with van der Waals surface area (Å²) in [6.45, 7) is -0.175. The lowest BCUT2D eigenvalue weighted by molar-refractivity contribution is 0.0696. The standard InChI is InChI=1S/C23H19NO5/c25-12-14-9-15(22(26)27)11-16(10-14)24-23(28)29-13-21-19-7-3-1-5-17(19)18-6-2-4-8-20(18)21/h1-11,21,25H,12-13H2,(H,24,28)(H,26,27). The Morgan fingerprint density at radius 2 is 1.55 bits per heavy atom. The number of aliphatic hydroxyl groups excluding tert-OH is 1. The number of hydrogen-bond acceptors (Lipinski definition) is 4. The van der Waals surface area contributed by atoms with Crippen molar-refractivity contribution in [3.05, 3.63) is 89.0 Å². The Labute approximate surface area is 167 Å². The molecule has 0 unspecified atom stereocenters. The predicted molar refractivity (Wildman–Crippen MR) is 108 cm³/mol. The van der Waals surface area contributed by atoms with Crippen LogP contribution >= 0.6 is 0 Å². The first-order chi connectivity index (χ1) is 14.1. The van der Waals surface area contributed by atoms with E-state index in [9.17, 15) is 19.8 Å². The van der Waals surface area contributed by atoms with Crippen molar-refractivity contribution in [1.29, 1.82) is 0 Å². The molecule has 0 aliphatic heterocycles. The molecule has 1 amide bonds. The lowest BCUT2D eigenvalue weighted by atomic mass is 9.98. The summed E-state index contributed by atoms with van der Waals surface area (Å²) in [7, 11) is 0. The first-order valence-electron chi connectivity index (χ1n) is 9.17. The van der Waals surface area contributed by atoms with Crippen LogP contribution in [0.25, 0.3) is 11.1 Å². The fraction of sp³-hybridized carbons (Fsp3) is 0.130. The summed E-state index contributed by atoms with van der Waals surface area (Å²) in [6.07, 6.45) is -0.682. The predicted octanol–water partition coefficient (Wildman–Crippen LogP) is 4.24. The van der Waals surface area contributed by atoms with E-state index in [4.69, 9.17) is 4.74 Å². The molecule has 3 aromatic carbocycles. The molecule has 6 heteroatoms. The minimum Gasteiger partial charge on any atom is -0.478 e. The molecule has 0 bridgehead atoms. The number of nitrogens with one attached hydrogen (secondary N) is 1. The van der Waals surface area contributed by atoms with Crippen molar-refractivity contribution in [2.75, 3.05) is 11.9 Å². The minimum absolute atomic E-state index is 0.0227. The maximum Gasteiger partial charge on any atom is 0.411 e. The smallest absolute Gasteiger partial charge is 0.411 e. The molecule has 0 fully saturated rings. The molecular formula is C23H19NO5. The Morgan fingerprint density at radius 3 is 2.14 bits per heavy atom. The average Bonchev–Trinajstić information content (AvgIpc) is 3.06. The second kappa shape index (κ2) is 7.77. The molecule has 146 valence electrons. The van der Waals surface area contributed by atoms with Crippen LogP contribution in [0.15, 0.2) is 66.7 Å². The van der Waals surface area contributed by atoms with E-state index in [1.165, 1.54) is 18.2 Å². The highest BCUT2D eigenvalue weighted by Crippen LogP contribution is 2.44. The minimum atomic E-state index is -1.14. The van der Waals surface area contributed by atoms with Crippen LogP contribution in [0.3, 0.4) is 0 Å². The monoisotopic (exact) mass is 389 g/mol. The van der Waals surface area contributed by atoms with E-state index < -0.39 is 12.1 Å². The Bertz CT molecular complexity index is 1050. The molecule has 4 rings (SSSR count). The van der Waals surface area contributed by atoms with Crippen LogP contribution < -0.4 is 5.32 Å². The van der Waals surface area contributed by atoms with E-state index in [2.05, 4.69) is 17.4 Å². The van der Waals surface area contributed by atoms with Crippen LogP contribution in [0.5, 0.6) is 0 Å². The van der Waals surface area contributed by atoms with Gasteiger partial charge in [-0.2, -0.15) is 0 Å². The molecule has 0 saturated carbocycles. The van der Waals surface area contributed by atoms with Gasteiger partial charge in [-0.05, 0) is 46.0 Å². The second-order valence-electron chi connectivity index (χ2n) is 6.83. The quantitative estimate of drug-likeness (QED) is 0.607. The zero-order valence-corrected chi connectivity index (χ0v) is 15.5. The third-order valence-corrected chi connectivity index (χ3v) is 5.01. The van der Waals surface area contributed by atoms with Gasteiger partial charge in [0.2, 0.25) is 0 Å². The largest absolute Gasteiger partial charge is 0.478 e. The summed E-state index contributed by atoms with van der Waals surface area (Å²) in [5.41, 5.74) is 5.11. The van der Waals surface area contributed by atoms with Gasteiger partial charge in [-0.25, -0.2) is 9.59 Å². The number of anilines is 1. The lowest BCUT2D eigenvalue weighted by Gasteiger charge is -2.15. The summed E-state index contributed by atoms with van der Waals surface area (Å²) in [6, 6.07) is 20.3. The normalized spacial score (nSPS) is 12.2. The van der Waals surface area contributed by atoms with Crippen molar-refractivity contribution in [1.82, 2.24) is 0 Å². The number of carboxylic acid groups (broad SMARTS) is 1. The molecular weight excluding hydrogens is 370 g/mol. The highest BCUT2D eigenvalue weighted by molar-refractivity contribution is 5.92. The first-order valence-corrected chi connectivity index (χ1v) is 9.17. The molecule has 0 radical (unpaired) electrons. The SMILES string of the molecule is O=C(Nc1cc(CO)cc(C(=O)O)c1)OCC1c2ccccc2-c2ccccc21. The van der Waals surface area contributed by atoms with E-state index >= 15 is 0 Å². The van der Waals surface area contributed by atoms with Gasteiger partial charge in [-0.3, -0.25) is 5.32 Å². The number of amides is 1.